The van der Waals surface area contributed by atoms with Crippen LogP contribution in [-0.4, -0.2) is 27.7 Å². The fourth-order valence-corrected chi connectivity index (χ4v) is 2.87. The molecule has 1 N–H and O–H groups in total. The predicted molar refractivity (Wildman–Crippen MR) is 110 cm³/mol. The highest BCUT2D eigenvalue weighted by Crippen LogP contribution is 2.16. The first kappa shape index (κ1) is 20.2. The first-order valence-electron chi connectivity index (χ1n) is 9.32. The minimum Gasteiger partial charge on any atom is -0.332 e. The van der Waals surface area contributed by atoms with Crippen LogP contribution < -0.4 is 5.32 Å². The van der Waals surface area contributed by atoms with Crippen molar-refractivity contribution in [3.05, 3.63) is 95.6 Å². The first-order valence-corrected chi connectivity index (χ1v) is 9.32. The SMILES string of the molecule is CC(C)N(Cc1ccccc1)C(=O)c1ccnc(C(=O)Nc2ccccc2F)c1. The number of rotatable bonds is 6. The number of hydrogen-bond acceptors (Lipinski definition) is 3. The number of benzene rings is 2. The zero-order valence-electron chi connectivity index (χ0n) is 16.3. The van der Waals surface area contributed by atoms with Crippen LogP contribution in [-0.2, 0) is 6.54 Å². The Morgan fingerprint density at radius 3 is 2.41 bits per heavy atom. The van der Waals surface area contributed by atoms with Gasteiger partial charge in [0.2, 0.25) is 0 Å². The third kappa shape index (κ3) is 5.04. The highest BCUT2D eigenvalue weighted by Gasteiger charge is 2.21. The Balaban J connectivity index is 1.80. The van der Waals surface area contributed by atoms with Crippen LogP contribution in [0.4, 0.5) is 10.1 Å². The molecule has 1 heterocycles. The Labute approximate surface area is 169 Å². The Morgan fingerprint density at radius 2 is 1.72 bits per heavy atom. The van der Waals surface area contributed by atoms with Crippen LogP contribution >= 0.6 is 0 Å². The minimum atomic E-state index is -0.580. The Hall–Kier alpha value is -3.54. The van der Waals surface area contributed by atoms with E-state index in [1.807, 2.05) is 44.2 Å². The van der Waals surface area contributed by atoms with Gasteiger partial charge in [-0.1, -0.05) is 42.5 Å². The summed E-state index contributed by atoms with van der Waals surface area (Å²) in [6, 6.07) is 18.5. The lowest BCUT2D eigenvalue weighted by atomic mass is 10.1. The molecule has 0 saturated heterocycles. The van der Waals surface area contributed by atoms with Gasteiger partial charge in [0.05, 0.1) is 5.69 Å². The highest BCUT2D eigenvalue weighted by atomic mass is 19.1. The van der Waals surface area contributed by atoms with E-state index in [1.54, 1.807) is 17.0 Å². The summed E-state index contributed by atoms with van der Waals surface area (Å²) in [7, 11) is 0. The molecule has 148 valence electrons. The fourth-order valence-electron chi connectivity index (χ4n) is 2.87. The molecular formula is C23H22FN3O2. The van der Waals surface area contributed by atoms with Crippen LogP contribution in [0.25, 0.3) is 0 Å². The normalized spacial score (nSPS) is 10.6. The molecule has 6 heteroatoms. The summed E-state index contributed by atoms with van der Waals surface area (Å²) in [6.07, 6.45) is 1.41. The van der Waals surface area contributed by atoms with E-state index in [4.69, 9.17) is 0 Å². The molecule has 0 aliphatic rings. The molecule has 0 fully saturated rings. The minimum absolute atomic E-state index is 0.0356. The summed E-state index contributed by atoms with van der Waals surface area (Å²) in [5.41, 5.74) is 1.47. The topological polar surface area (TPSA) is 62.3 Å². The number of amides is 2. The number of nitrogens with one attached hydrogen (secondary N) is 1. The monoisotopic (exact) mass is 391 g/mol. The summed E-state index contributed by atoms with van der Waals surface area (Å²) in [4.78, 5) is 31.3. The van der Waals surface area contributed by atoms with E-state index in [2.05, 4.69) is 10.3 Å². The Kier molecular flexibility index (Phi) is 6.34. The largest absolute Gasteiger partial charge is 0.332 e. The van der Waals surface area contributed by atoms with Crippen molar-refractivity contribution in [1.82, 2.24) is 9.88 Å². The van der Waals surface area contributed by atoms with Crippen LogP contribution in [0, 0.1) is 5.82 Å². The lowest BCUT2D eigenvalue weighted by Gasteiger charge is -2.27. The maximum absolute atomic E-state index is 13.8. The summed E-state index contributed by atoms with van der Waals surface area (Å²) >= 11 is 0. The molecule has 0 atom stereocenters. The van der Waals surface area contributed by atoms with E-state index in [-0.39, 0.29) is 23.3 Å². The molecule has 0 saturated carbocycles. The van der Waals surface area contributed by atoms with Crippen molar-refractivity contribution in [3.63, 3.8) is 0 Å². The molecule has 3 rings (SSSR count). The second kappa shape index (κ2) is 9.10. The molecule has 0 bridgehead atoms. The molecule has 29 heavy (non-hydrogen) atoms. The van der Waals surface area contributed by atoms with Crippen LogP contribution in [0.3, 0.4) is 0 Å². The van der Waals surface area contributed by atoms with Crippen LogP contribution in [0.1, 0.15) is 40.3 Å². The Bertz CT molecular complexity index is 1010. The van der Waals surface area contributed by atoms with Gasteiger partial charge in [-0.25, -0.2) is 4.39 Å². The van der Waals surface area contributed by atoms with E-state index < -0.39 is 11.7 Å². The third-order valence-corrected chi connectivity index (χ3v) is 4.44. The lowest BCUT2D eigenvalue weighted by Crippen LogP contribution is -2.36. The van der Waals surface area contributed by atoms with Crippen LogP contribution in [0.15, 0.2) is 72.9 Å². The summed E-state index contributed by atoms with van der Waals surface area (Å²) in [5.74, 6) is -1.32. The number of aromatic nitrogens is 1. The number of pyridine rings is 1. The fraction of sp³-hybridized carbons (Fsp3) is 0.174. The molecule has 0 aliphatic carbocycles. The van der Waals surface area contributed by atoms with Gasteiger partial charge in [-0.05, 0) is 43.7 Å². The van der Waals surface area contributed by atoms with Gasteiger partial charge in [0, 0.05) is 24.3 Å². The van der Waals surface area contributed by atoms with E-state index in [9.17, 15) is 14.0 Å². The Morgan fingerprint density at radius 1 is 1.03 bits per heavy atom. The van der Waals surface area contributed by atoms with E-state index >= 15 is 0 Å². The van der Waals surface area contributed by atoms with E-state index in [1.165, 1.54) is 30.5 Å². The molecule has 5 nitrogen and oxygen atoms in total. The van der Waals surface area contributed by atoms with E-state index in [0.29, 0.717) is 12.1 Å². The van der Waals surface area contributed by atoms with Crippen molar-refractivity contribution in [1.29, 1.82) is 0 Å². The number of halogens is 1. The lowest BCUT2D eigenvalue weighted by molar-refractivity contribution is 0.0690. The average molecular weight is 391 g/mol. The number of carbonyl (C=O) groups is 2. The third-order valence-electron chi connectivity index (χ3n) is 4.44. The summed E-state index contributed by atoms with van der Waals surface area (Å²) in [5, 5.41) is 2.48. The van der Waals surface area contributed by atoms with Gasteiger partial charge < -0.3 is 10.2 Å². The first-order chi connectivity index (χ1) is 14.0. The van der Waals surface area contributed by atoms with Crippen molar-refractivity contribution in [3.8, 4) is 0 Å². The summed E-state index contributed by atoms with van der Waals surface area (Å²) in [6.45, 7) is 4.33. The number of nitrogens with zero attached hydrogens (tertiary/aromatic N) is 2. The molecule has 0 spiro atoms. The zero-order chi connectivity index (χ0) is 20.8. The molecule has 1 aromatic heterocycles. The van der Waals surface area contributed by atoms with Gasteiger partial charge in [0.15, 0.2) is 0 Å². The van der Waals surface area contributed by atoms with Gasteiger partial charge in [0.25, 0.3) is 11.8 Å². The summed E-state index contributed by atoms with van der Waals surface area (Å²) < 4.78 is 13.8. The zero-order valence-corrected chi connectivity index (χ0v) is 16.3. The van der Waals surface area contributed by atoms with Crippen molar-refractivity contribution in [2.75, 3.05) is 5.32 Å². The second-order valence-corrected chi connectivity index (χ2v) is 6.88. The molecule has 2 aromatic carbocycles. The van der Waals surface area contributed by atoms with Gasteiger partial charge in [0.1, 0.15) is 11.5 Å². The maximum Gasteiger partial charge on any atom is 0.274 e. The molecule has 0 unspecified atom stereocenters. The number of hydrogen-bond donors (Lipinski definition) is 1. The van der Waals surface area contributed by atoms with Gasteiger partial charge in [-0.15, -0.1) is 0 Å². The van der Waals surface area contributed by atoms with E-state index in [0.717, 1.165) is 5.56 Å². The standard InChI is InChI=1S/C23H22FN3O2/c1-16(2)27(15-17-8-4-3-5-9-17)23(29)18-12-13-25-21(14-18)22(28)26-20-11-7-6-10-19(20)24/h3-14,16H,15H2,1-2H3,(H,26,28). The van der Waals surface area contributed by atoms with Crippen molar-refractivity contribution >= 4 is 17.5 Å². The highest BCUT2D eigenvalue weighted by molar-refractivity contribution is 6.04. The number of para-hydroxylation sites is 1. The van der Waals surface area contributed by atoms with Gasteiger partial charge in [-0.2, -0.15) is 0 Å². The molecular weight excluding hydrogens is 369 g/mol. The van der Waals surface area contributed by atoms with Crippen LogP contribution in [0.2, 0.25) is 0 Å². The number of carbonyl (C=O) groups excluding carboxylic acids is 2. The molecule has 3 aromatic rings. The van der Waals surface area contributed by atoms with Crippen molar-refractivity contribution in [2.45, 2.75) is 26.4 Å². The molecule has 2 amide bonds. The quantitative estimate of drug-likeness (QED) is 0.672. The predicted octanol–water partition coefficient (Wildman–Crippen LogP) is 4.52. The second-order valence-electron chi connectivity index (χ2n) is 6.88. The van der Waals surface area contributed by atoms with Gasteiger partial charge >= 0.3 is 0 Å². The maximum atomic E-state index is 13.8. The average Bonchev–Trinajstić information content (AvgIpc) is 2.74. The van der Waals surface area contributed by atoms with Crippen molar-refractivity contribution in [2.24, 2.45) is 0 Å². The van der Waals surface area contributed by atoms with Crippen molar-refractivity contribution < 1.29 is 14.0 Å². The van der Waals surface area contributed by atoms with Crippen LogP contribution in [0.5, 0.6) is 0 Å². The molecule has 0 radical (unpaired) electrons. The molecule has 0 aliphatic heterocycles. The number of anilines is 1. The van der Waals surface area contributed by atoms with Gasteiger partial charge in [-0.3, -0.25) is 14.6 Å². The smallest absolute Gasteiger partial charge is 0.274 e.